The molecule has 1 aliphatic carbocycles. The van der Waals surface area contributed by atoms with Gasteiger partial charge in [-0.2, -0.15) is 0 Å². The molecule has 3 aromatic rings. The predicted molar refractivity (Wildman–Crippen MR) is 160 cm³/mol. The summed E-state index contributed by atoms with van der Waals surface area (Å²) < 4.78 is 40.1. The second kappa shape index (κ2) is 14.5. The van der Waals surface area contributed by atoms with E-state index < -0.39 is 23.1 Å². The van der Waals surface area contributed by atoms with Crippen molar-refractivity contribution in [3.05, 3.63) is 63.5 Å². The Morgan fingerprint density at radius 2 is 1.62 bits per heavy atom. The van der Waals surface area contributed by atoms with E-state index >= 15 is 0 Å². The molecule has 1 fully saturated rings. The van der Waals surface area contributed by atoms with E-state index in [1.165, 1.54) is 0 Å². The average Bonchev–Trinajstić information content (AvgIpc) is 3.31. The number of carbonyl (C=O) groups is 2. The summed E-state index contributed by atoms with van der Waals surface area (Å²) in [4.78, 5) is 30.1. The first-order chi connectivity index (χ1) is 19.8. The van der Waals surface area contributed by atoms with Gasteiger partial charge in [-0.25, -0.2) is 13.6 Å². The van der Waals surface area contributed by atoms with Crippen LogP contribution in [0.1, 0.15) is 61.7 Å². The van der Waals surface area contributed by atoms with Gasteiger partial charge in [-0.15, -0.1) is 11.3 Å². The lowest BCUT2D eigenvalue weighted by Crippen LogP contribution is -2.47. The molecule has 2 aromatic carbocycles. The first kappa shape index (κ1) is 33.6. The first-order valence-corrected chi connectivity index (χ1v) is 14.6. The van der Waals surface area contributed by atoms with E-state index in [4.69, 9.17) is 31.1 Å². The van der Waals surface area contributed by atoms with Crippen molar-refractivity contribution in [3.8, 4) is 5.75 Å². The molecule has 0 saturated heterocycles. The lowest BCUT2D eigenvalue weighted by Gasteiger charge is -2.40. The molecule has 0 unspecified atom stereocenters. The molecule has 0 aliphatic heterocycles. The smallest absolute Gasteiger partial charge is 0.482 e. The average molecular weight is 624 g/mol. The Balaban J connectivity index is 0.00000155. The molecule has 1 radical (unpaired) electrons. The number of carbonyl (C=O) groups excluding carboxylic acids is 2. The Bertz CT molecular complexity index is 1390. The third-order valence-electron chi connectivity index (χ3n) is 7.01. The molecule has 0 bridgehead atoms. The van der Waals surface area contributed by atoms with Gasteiger partial charge in [0.15, 0.2) is 0 Å². The molecule has 0 spiro atoms. The molecule has 0 atom stereocenters. The van der Waals surface area contributed by atoms with Crippen molar-refractivity contribution in [2.75, 3.05) is 14.2 Å². The molecule has 8 nitrogen and oxygen atoms in total. The van der Waals surface area contributed by atoms with Crippen LogP contribution in [0.25, 0.3) is 10.1 Å². The van der Waals surface area contributed by atoms with E-state index in [0.717, 1.165) is 29.0 Å². The number of amides is 2. The third kappa shape index (κ3) is 7.92. The van der Waals surface area contributed by atoms with Crippen molar-refractivity contribution < 1.29 is 37.9 Å². The van der Waals surface area contributed by atoms with Crippen LogP contribution in [0.15, 0.2) is 36.4 Å². The van der Waals surface area contributed by atoms with E-state index in [1.54, 1.807) is 24.0 Å². The highest BCUT2D eigenvalue weighted by molar-refractivity contribution is 7.21. The number of nitrogens with zero attached hydrogens (tertiary/aromatic N) is 2. The van der Waals surface area contributed by atoms with E-state index in [9.17, 15) is 18.4 Å². The van der Waals surface area contributed by atoms with Gasteiger partial charge in [-0.05, 0) is 64.7 Å². The van der Waals surface area contributed by atoms with Crippen LogP contribution < -0.4 is 4.74 Å². The van der Waals surface area contributed by atoms with Crippen LogP contribution in [0.5, 0.6) is 5.75 Å². The van der Waals surface area contributed by atoms with Crippen molar-refractivity contribution in [1.82, 2.24) is 9.80 Å². The van der Waals surface area contributed by atoms with E-state index in [2.05, 4.69) is 0 Å². The molecular formula is C29H35BClF2N2O6S. The summed E-state index contributed by atoms with van der Waals surface area (Å²) in [5.74, 6) is -1.06. The van der Waals surface area contributed by atoms with Gasteiger partial charge in [-0.3, -0.25) is 4.79 Å². The van der Waals surface area contributed by atoms with Crippen LogP contribution in [-0.2, 0) is 11.3 Å². The largest absolute Gasteiger partial charge is 0.496 e. The Hall–Kier alpha value is -2.93. The normalized spacial score (nSPS) is 16.7. The monoisotopic (exact) mass is 623 g/mol. The molecule has 1 heterocycles. The second-order valence-corrected chi connectivity index (χ2v) is 12.3. The van der Waals surface area contributed by atoms with Crippen molar-refractivity contribution in [3.63, 3.8) is 0 Å². The number of benzene rings is 2. The van der Waals surface area contributed by atoms with Gasteiger partial charge in [0.05, 0.1) is 22.2 Å². The van der Waals surface area contributed by atoms with Gasteiger partial charge < -0.3 is 29.3 Å². The molecule has 2 N–H and O–H groups in total. The summed E-state index contributed by atoms with van der Waals surface area (Å²) in [5, 5.41) is 13.8. The molecule has 13 heteroatoms. The highest BCUT2D eigenvalue weighted by Crippen LogP contribution is 2.40. The number of hydrogen-bond donors (Lipinski definition) is 2. The van der Waals surface area contributed by atoms with E-state index in [0.29, 0.717) is 31.4 Å². The van der Waals surface area contributed by atoms with Crippen molar-refractivity contribution in [2.45, 2.75) is 70.7 Å². The van der Waals surface area contributed by atoms with Gasteiger partial charge in [0.1, 0.15) is 27.9 Å². The molecule has 4 rings (SSSR count). The fourth-order valence-corrected chi connectivity index (χ4v) is 6.49. The summed E-state index contributed by atoms with van der Waals surface area (Å²) >= 11 is 7.36. The fourth-order valence-electron chi connectivity index (χ4n) is 4.99. The second-order valence-electron chi connectivity index (χ2n) is 10.9. The number of methoxy groups -OCH3 is 1. The van der Waals surface area contributed by atoms with Crippen molar-refractivity contribution in [2.24, 2.45) is 0 Å². The molecule has 42 heavy (non-hydrogen) atoms. The molecular weight excluding hydrogens is 589 g/mol. The Morgan fingerprint density at radius 3 is 2.19 bits per heavy atom. The summed E-state index contributed by atoms with van der Waals surface area (Å²) in [6, 6.07) is 9.25. The zero-order chi connectivity index (χ0) is 31.2. The maximum absolute atomic E-state index is 14.6. The maximum atomic E-state index is 14.6. The van der Waals surface area contributed by atoms with Gasteiger partial charge in [0, 0.05) is 31.2 Å². The van der Waals surface area contributed by atoms with Crippen LogP contribution in [0.2, 0.25) is 5.02 Å². The van der Waals surface area contributed by atoms with Crippen molar-refractivity contribution >= 4 is 52.7 Å². The quantitative estimate of drug-likeness (QED) is 0.319. The van der Waals surface area contributed by atoms with Crippen LogP contribution in [0.4, 0.5) is 13.6 Å². The Kier molecular flexibility index (Phi) is 11.6. The van der Waals surface area contributed by atoms with Gasteiger partial charge in [0.25, 0.3) is 5.91 Å². The molecule has 1 saturated carbocycles. The zero-order valence-electron chi connectivity index (χ0n) is 24.2. The highest BCUT2D eigenvalue weighted by atomic mass is 35.5. The van der Waals surface area contributed by atoms with E-state index in [-0.39, 0.29) is 52.4 Å². The van der Waals surface area contributed by atoms with Crippen LogP contribution >= 0.6 is 22.9 Å². The van der Waals surface area contributed by atoms with E-state index in [1.807, 2.05) is 45.0 Å². The number of para-hydroxylation sites is 1. The third-order valence-corrected chi connectivity index (χ3v) is 8.68. The maximum Gasteiger partial charge on any atom is 0.482 e. The number of halogens is 3. The number of fused-ring (bicyclic) bond motifs is 1. The molecule has 1 aliphatic rings. The minimum atomic E-state index is -0.673. The topological polar surface area (TPSA) is 99.5 Å². The fraction of sp³-hybridized carbons (Fsp3) is 0.448. The van der Waals surface area contributed by atoms with Gasteiger partial charge >= 0.3 is 13.8 Å². The van der Waals surface area contributed by atoms with Crippen molar-refractivity contribution in [1.29, 1.82) is 0 Å². The SMILES string of the molecule is COc1ccccc1CN(C(=O)c1sc2c(F)ccc(F)c2c1Cl)C1CCC(N(C)C(=O)OC(C)(C)C)CC1.O[B]O. The minimum absolute atomic E-state index is 0. The van der Waals surface area contributed by atoms with Crippen LogP contribution in [-0.4, -0.2) is 71.4 Å². The van der Waals surface area contributed by atoms with Crippen LogP contribution in [0.3, 0.4) is 0 Å². The first-order valence-electron chi connectivity index (χ1n) is 13.4. The number of rotatable bonds is 6. The molecule has 1 aromatic heterocycles. The zero-order valence-corrected chi connectivity index (χ0v) is 25.8. The van der Waals surface area contributed by atoms with Gasteiger partial charge in [-0.1, -0.05) is 29.8 Å². The summed E-state index contributed by atoms with van der Waals surface area (Å²) in [6.45, 7) is 5.71. The summed E-state index contributed by atoms with van der Waals surface area (Å²) in [5.41, 5.74) is 0.208. The predicted octanol–water partition coefficient (Wildman–Crippen LogP) is 6.17. The number of thiophene rings is 1. The highest BCUT2D eigenvalue weighted by Gasteiger charge is 2.35. The number of ether oxygens (including phenoxy) is 2. The lowest BCUT2D eigenvalue weighted by molar-refractivity contribution is 0.0144. The standard InChI is InChI=1S/C29H33ClF2N2O4S.BH2O2/c1-29(2,3)38-28(36)33(4)18-10-12-19(13-11-18)34(16-17-8-6-7-9-22(17)37-5)27(35)26-24(30)23-20(31)14-15-21(32)25(23)39-26;2-1-3/h6-9,14-15,18-19H,10-13,16H2,1-5H3;2-3H. The summed E-state index contributed by atoms with van der Waals surface area (Å²) in [7, 11) is 3.30. The minimum Gasteiger partial charge on any atom is -0.496 e. The molecule has 2 amide bonds. The lowest BCUT2D eigenvalue weighted by atomic mass is 9.89. The summed E-state index contributed by atoms with van der Waals surface area (Å²) in [6.07, 6.45) is 2.21. The number of hydrogen-bond acceptors (Lipinski definition) is 7. The van der Waals surface area contributed by atoms with Crippen LogP contribution in [0, 0.1) is 11.6 Å². The Morgan fingerprint density at radius 1 is 1.05 bits per heavy atom. The Labute approximate surface area is 254 Å². The molecule has 227 valence electrons. The van der Waals surface area contributed by atoms with Gasteiger partial charge in [0.2, 0.25) is 0 Å².